The van der Waals surface area contributed by atoms with E-state index in [1.54, 1.807) is 37.4 Å². The van der Waals surface area contributed by atoms with Crippen molar-refractivity contribution in [3.8, 4) is 5.75 Å². The summed E-state index contributed by atoms with van der Waals surface area (Å²) in [5.41, 5.74) is 2.06. The molecule has 0 radical (unpaired) electrons. The molecule has 2 amide bonds. The molecule has 1 fully saturated rings. The van der Waals surface area contributed by atoms with E-state index in [2.05, 4.69) is 5.32 Å². The Kier molecular flexibility index (Phi) is 10.4. The number of hydrogen-bond acceptors (Lipinski definition) is 5. The van der Waals surface area contributed by atoms with Gasteiger partial charge in [-0.25, -0.2) is 8.42 Å². The highest BCUT2D eigenvalue weighted by Crippen LogP contribution is 2.23. The third-order valence-corrected chi connectivity index (χ3v) is 8.57. The zero-order valence-corrected chi connectivity index (χ0v) is 24.6. The maximum atomic E-state index is 14.2. The van der Waals surface area contributed by atoms with E-state index in [-0.39, 0.29) is 18.5 Å². The number of para-hydroxylation sites is 1. The summed E-state index contributed by atoms with van der Waals surface area (Å²) in [5, 5.41) is 3.21. The number of ether oxygens (including phenoxy) is 1. The van der Waals surface area contributed by atoms with Crippen LogP contribution in [-0.4, -0.2) is 57.1 Å². The molecular weight excluding hydrogens is 538 g/mol. The van der Waals surface area contributed by atoms with Crippen LogP contribution in [0.2, 0.25) is 0 Å². The molecule has 218 valence electrons. The van der Waals surface area contributed by atoms with Gasteiger partial charge < -0.3 is 15.0 Å². The molecule has 0 spiro atoms. The minimum absolute atomic E-state index is 0.0557. The standard InChI is InChI=1S/C32H39N3O5S/c1-40-29-20-12-15-26(21-29)23-34(31(36)24-35(41(2,38)39)28-18-10-5-11-19-28)30(22-25-13-6-3-7-14-25)32(37)33-27-16-8-4-9-17-27/h3,5-7,10-15,18-21,27,30H,4,8-9,16-17,22-24H2,1-2H3,(H,33,37)/t30-/m0/s1. The van der Waals surface area contributed by atoms with E-state index in [0.717, 1.165) is 53.8 Å². The number of carbonyl (C=O) groups is 2. The first-order valence-corrected chi connectivity index (χ1v) is 15.9. The molecule has 9 heteroatoms. The molecule has 3 aromatic rings. The summed E-state index contributed by atoms with van der Waals surface area (Å²) >= 11 is 0. The van der Waals surface area contributed by atoms with Crippen LogP contribution in [0, 0.1) is 0 Å². The van der Waals surface area contributed by atoms with Crippen molar-refractivity contribution in [3.63, 3.8) is 0 Å². The van der Waals surface area contributed by atoms with Gasteiger partial charge in [0.2, 0.25) is 21.8 Å². The van der Waals surface area contributed by atoms with Crippen LogP contribution in [0.5, 0.6) is 5.75 Å². The third kappa shape index (κ3) is 8.57. The summed E-state index contributed by atoms with van der Waals surface area (Å²) in [4.78, 5) is 29.7. The van der Waals surface area contributed by atoms with Crippen LogP contribution in [0.15, 0.2) is 84.9 Å². The van der Waals surface area contributed by atoms with Gasteiger partial charge in [-0.1, -0.05) is 79.9 Å². The van der Waals surface area contributed by atoms with Crippen molar-refractivity contribution in [3.05, 3.63) is 96.1 Å². The van der Waals surface area contributed by atoms with E-state index in [4.69, 9.17) is 4.74 Å². The van der Waals surface area contributed by atoms with Gasteiger partial charge in [0.1, 0.15) is 18.3 Å². The van der Waals surface area contributed by atoms with Gasteiger partial charge in [0, 0.05) is 19.0 Å². The van der Waals surface area contributed by atoms with Crippen LogP contribution >= 0.6 is 0 Å². The Labute approximate surface area is 243 Å². The van der Waals surface area contributed by atoms with Crippen molar-refractivity contribution in [1.29, 1.82) is 0 Å². The minimum atomic E-state index is -3.79. The Morgan fingerprint density at radius 2 is 1.54 bits per heavy atom. The largest absolute Gasteiger partial charge is 0.497 e. The lowest BCUT2D eigenvalue weighted by Gasteiger charge is -2.35. The molecule has 1 atom stereocenters. The van der Waals surface area contributed by atoms with E-state index in [9.17, 15) is 18.0 Å². The average Bonchev–Trinajstić information content (AvgIpc) is 2.98. The van der Waals surface area contributed by atoms with Gasteiger partial charge in [-0.15, -0.1) is 0 Å². The fourth-order valence-electron chi connectivity index (χ4n) is 5.27. The molecular formula is C32H39N3O5S. The van der Waals surface area contributed by atoms with Crippen molar-refractivity contribution < 1.29 is 22.7 Å². The highest BCUT2D eigenvalue weighted by molar-refractivity contribution is 7.92. The predicted octanol–water partition coefficient (Wildman–Crippen LogP) is 4.55. The molecule has 3 aromatic carbocycles. The van der Waals surface area contributed by atoms with Gasteiger partial charge in [-0.2, -0.15) is 0 Å². The lowest BCUT2D eigenvalue weighted by molar-refractivity contribution is -0.140. The van der Waals surface area contributed by atoms with Crippen molar-refractivity contribution in [2.45, 2.75) is 57.2 Å². The van der Waals surface area contributed by atoms with E-state index in [1.165, 1.54) is 4.90 Å². The number of rotatable bonds is 12. The first-order chi connectivity index (χ1) is 19.7. The maximum Gasteiger partial charge on any atom is 0.244 e. The minimum Gasteiger partial charge on any atom is -0.497 e. The topological polar surface area (TPSA) is 96.0 Å². The molecule has 0 aliphatic heterocycles. The Morgan fingerprint density at radius 1 is 0.902 bits per heavy atom. The van der Waals surface area contributed by atoms with E-state index in [1.807, 2.05) is 54.6 Å². The number of hydrogen-bond donors (Lipinski definition) is 1. The third-order valence-electron chi connectivity index (χ3n) is 7.43. The second kappa shape index (κ2) is 14.2. The van der Waals surface area contributed by atoms with Crippen LogP contribution in [0.3, 0.4) is 0 Å². The van der Waals surface area contributed by atoms with Gasteiger partial charge in [0.05, 0.1) is 19.1 Å². The van der Waals surface area contributed by atoms with Crippen molar-refractivity contribution >= 4 is 27.5 Å². The SMILES string of the molecule is COc1cccc(CN(C(=O)CN(c2ccccc2)S(C)(=O)=O)[C@@H](Cc2ccccc2)C(=O)NC2CCCCC2)c1. The molecule has 41 heavy (non-hydrogen) atoms. The summed E-state index contributed by atoms with van der Waals surface area (Å²) < 4.78 is 32.2. The second-order valence-corrected chi connectivity index (χ2v) is 12.4. The fraction of sp³-hybridized carbons (Fsp3) is 0.375. The van der Waals surface area contributed by atoms with Gasteiger partial charge in [-0.3, -0.25) is 13.9 Å². The number of carbonyl (C=O) groups excluding carboxylic acids is 2. The van der Waals surface area contributed by atoms with E-state index in [0.29, 0.717) is 17.9 Å². The summed E-state index contributed by atoms with van der Waals surface area (Å²) in [6.45, 7) is -0.327. The van der Waals surface area contributed by atoms with Crippen LogP contribution < -0.4 is 14.4 Å². The van der Waals surface area contributed by atoms with Crippen molar-refractivity contribution in [2.24, 2.45) is 0 Å². The van der Waals surface area contributed by atoms with Crippen LogP contribution in [0.25, 0.3) is 0 Å². The normalized spacial score (nSPS) is 14.6. The molecule has 1 saturated carbocycles. The number of benzene rings is 3. The number of methoxy groups -OCH3 is 1. The zero-order chi connectivity index (χ0) is 29.2. The summed E-state index contributed by atoms with van der Waals surface area (Å²) in [5.74, 6) is -0.0762. The first kappa shape index (κ1) is 30.1. The maximum absolute atomic E-state index is 14.2. The quantitative estimate of drug-likeness (QED) is 0.341. The second-order valence-electron chi connectivity index (χ2n) is 10.5. The van der Waals surface area contributed by atoms with Crippen molar-refractivity contribution in [2.75, 3.05) is 24.2 Å². The van der Waals surface area contributed by atoms with Crippen molar-refractivity contribution in [1.82, 2.24) is 10.2 Å². The molecule has 0 unspecified atom stereocenters. The highest BCUT2D eigenvalue weighted by Gasteiger charge is 2.34. The fourth-order valence-corrected chi connectivity index (χ4v) is 6.12. The number of nitrogens with one attached hydrogen (secondary N) is 1. The van der Waals surface area contributed by atoms with Gasteiger partial charge in [0.25, 0.3) is 0 Å². The Bertz CT molecular complexity index is 1390. The molecule has 0 bridgehead atoms. The molecule has 0 heterocycles. The van der Waals surface area contributed by atoms with E-state index >= 15 is 0 Å². The van der Waals surface area contributed by atoms with Gasteiger partial charge in [0.15, 0.2) is 0 Å². The zero-order valence-electron chi connectivity index (χ0n) is 23.7. The number of nitrogens with zero attached hydrogens (tertiary/aromatic N) is 2. The van der Waals surface area contributed by atoms with Crippen LogP contribution in [0.4, 0.5) is 5.69 Å². The van der Waals surface area contributed by atoms with Gasteiger partial charge in [-0.05, 0) is 48.2 Å². The smallest absolute Gasteiger partial charge is 0.244 e. The molecule has 4 rings (SSSR count). The Hall–Kier alpha value is -3.85. The molecule has 0 aromatic heterocycles. The summed E-state index contributed by atoms with van der Waals surface area (Å²) in [7, 11) is -2.22. The van der Waals surface area contributed by atoms with Crippen LogP contribution in [-0.2, 0) is 32.6 Å². The first-order valence-electron chi connectivity index (χ1n) is 14.0. The molecule has 1 N–H and O–H groups in total. The monoisotopic (exact) mass is 577 g/mol. The van der Waals surface area contributed by atoms with Gasteiger partial charge >= 0.3 is 0 Å². The molecule has 0 saturated heterocycles. The van der Waals surface area contributed by atoms with E-state index < -0.39 is 28.5 Å². The molecule has 8 nitrogen and oxygen atoms in total. The number of anilines is 1. The summed E-state index contributed by atoms with van der Waals surface area (Å²) in [6, 6.07) is 24.7. The highest BCUT2D eigenvalue weighted by atomic mass is 32.2. The molecule has 1 aliphatic carbocycles. The predicted molar refractivity (Wildman–Crippen MR) is 161 cm³/mol. The molecule has 1 aliphatic rings. The number of amides is 2. The van der Waals surface area contributed by atoms with Crippen LogP contribution in [0.1, 0.15) is 43.2 Å². The summed E-state index contributed by atoms with van der Waals surface area (Å²) in [6.07, 6.45) is 6.45. The lowest BCUT2D eigenvalue weighted by Crippen LogP contribution is -2.55. The Balaban J connectivity index is 1.72. The average molecular weight is 578 g/mol. The lowest BCUT2D eigenvalue weighted by atomic mass is 9.94. The number of sulfonamides is 1. The Morgan fingerprint density at radius 3 is 2.17 bits per heavy atom.